The summed E-state index contributed by atoms with van der Waals surface area (Å²) in [7, 11) is 0. The second kappa shape index (κ2) is 7.61. The van der Waals surface area contributed by atoms with Gasteiger partial charge in [0.2, 0.25) is 11.8 Å². The van der Waals surface area contributed by atoms with Crippen molar-refractivity contribution in [3.8, 4) is 0 Å². The minimum atomic E-state index is -0.293. The van der Waals surface area contributed by atoms with Gasteiger partial charge in [0.05, 0.1) is 11.6 Å². The number of rotatable bonds is 4. The zero-order chi connectivity index (χ0) is 18.0. The molecule has 138 valence electrons. The van der Waals surface area contributed by atoms with Crippen molar-refractivity contribution in [2.24, 2.45) is 0 Å². The minimum absolute atomic E-state index is 0.0241. The van der Waals surface area contributed by atoms with Gasteiger partial charge in [-0.05, 0) is 33.6 Å². The van der Waals surface area contributed by atoms with Crippen LogP contribution in [0.15, 0.2) is 17.6 Å². The molecule has 2 saturated heterocycles. The lowest BCUT2D eigenvalue weighted by atomic mass is 10.1. The molecule has 0 aromatic carbocycles. The highest BCUT2D eigenvalue weighted by molar-refractivity contribution is 8.00. The third kappa shape index (κ3) is 4.16. The number of amides is 2. The number of hydrogen-bond donors (Lipinski definition) is 0. The molecular formula is C17H26N4O2S2. The van der Waals surface area contributed by atoms with Crippen molar-refractivity contribution in [3.63, 3.8) is 0 Å². The second-order valence-electron chi connectivity index (χ2n) is 7.45. The summed E-state index contributed by atoms with van der Waals surface area (Å²) in [4.78, 5) is 33.4. The topological polar surface area (TPSA) is 58.4 Å². The van der Waals surface area contributed by atoms with Gasteiger partial charge in [0, 0.05) is 36.8 Å². The highest BCUT2D eigenvalue weighted by Crippen LogP contribution is 2.27. The maximum absolute atomic E-state index is 12.7. The van der Waals surface area contributed by atoms with Crippen LogP contribution in [0, 0.1) is 0 Å². The minimum Gasteiger partial charge on any atom is -0.341 e. The first-order valence-electron chi connectivity index (χ1n) is 8.70. The van der Waals surface area contributed by atoms with Crippen molar-refractivity contribution in [3.05, 3.63) is 12.4 Å². The fourth-order valence-corrected chi connectivity index (χ4v) is 5.36. The van der Waals surface area contributed by atoms with E-state index in [4.69, 9.17) is 0 Å². The molecule has 8 heteroatoms. The third-order valence-corrected chi connectivity index (χ3v) is 6.52. The first kappa shape index (κ1) is 18.6. The normalized spacial score (nSPS) is 21.2. The highest BCUT2D eigenvalue weighted by atomic mass is 32.2. The van der Waals surface area contributed by atoms with E-state index in [-0.39, 0.29) is 23.4 Å². The molecule has 25 heavy (non-hydrogen) atoms. The van der Waals surface area contributed by atoms with Crippen LogP contribution in [0.2, 0.25) is 0 Å². The van der Waals surface area contributed by atoms with Gasteiger partial charge < -0.3 is 14.4 Å². The molecule has 2 aliphatic heterocycles. The fraction of sp³-hybridized carbons (Fsp3) is 0.706. The molecule has 3 rings (SSSR count). The van der Waals surface area contributed by atoms with Crippen molar-refractivity contribution in [2.75, 3.05) is 30.5 Å². The summed E-state index contributed by atoms with van der Waals surface area (Å²) in [6, 6.07) is -0.293. The Morgan fingerprint density at radius 3 is 2.72 bits per heavy atom. The molecule has 0 radical (unpaired) electrons. The number of carbonyl (C=O) groups is 2. The molecule has 1 unspecified atom stereocenters. The van der Waals surface area contributed by atoms with Crippen LogP contribution in [0.1, 0.15) is 33.6 Å². The smallest absolute Gasteiger partial charge is 0.246 e. The maximum atomic E-state index is 12.7. The predicted molar refractivity (Wildman–Crippen MR) is 102 cm³/mol. The van der Waals surface area contributed by atoms with Gasteiger partial charge in [0.25, 0.3) is 0 Å². The largest absolute Gasteiger partial charge is 0.341 e. The number of carbonyl (C=O) groups excluding carboxylic acids is 2. The van der Waals surface area contributed by atoms with E-state index >= 15 is 0 Å². The monoisotopic (exact) mass is 382 g/mol. The first-order chi connectivity index (χ1) is 11.9. The predicted octanol–water partition coefficient (Wildman–Crippen LogP) is 2.25. The zero-order valence-electron chi connectivity index (χ0n) is 15.1. The third-order valence-electron chi connectivity index (χ3n) is 4.56. The van der Waals surface area contributed by atoms with Crippen molar-refractivity contribution in [2.45, 2.75) is 50.4 Å². The van der Waals surface area contributed by atoms with Crippen molar-refractivity contribution < 1.29 is 9.59 Å². The zero-order valence-corrected chi connectivity index (χ0v) is 16.7. The highest BCUT2D eigenvalue weighted by Gasteiger charge is 2.37. The Bertz CT molecular complexity index is 635. The Morgan fingerprint density at radius 1 is 1.32 bits per heavy atom. The molecule has 0 saturated carbocycles. The molecule has 0 bridgehead atoms. The summed E-state index contributed by atoms with van der Waals surface area (Å²) in [6.45, 7) is 8.01. The number of thioether (sulfide) groups is 2. The van der Waals surface area contributed by atoms with Crippen LogP contribution in [0.3, 0.4) is 0 Å². The average Bonchev–Trinajstić information content (AvgIpc) is 3.32. The van der Waals surface area contributed by atoms with E-state index < -0.39 is 0 Å². The lowest BCUT2D eigenvalue weighted by molar-refractivity contribution is -0.141. The van der Waals surface area contributed by atoms with Crippen LogP contribution in [-0.4, -0.2) is 67.7 Å². The van der Waals surface area contributed by atoms with Crippen molar-refractivity contribution in [1.29, 1.82) is 0 Å². The molecular weight excluding hydrogens is 356 g/mol. The van der Waals surface area contributed by atoms with Crippen LogP contribution in [-0.2, 0) is 15.1 Å². The Kier molecular flexibility index (Phi) is 5.68. The summed E-state index contributed by atoms with van der Waals surface area (Å²) in [5.74, 6) is 1.78. The molecule has 1 atom stereocenters. The molecule has 2 amide bonds. The maximum Gasteiger partial charge on any atom is 0.246 e. The van der Waals surface area contributed by atoms with Crippen LogP contribution in [0.4, 0.5) is 0 Å². The standard InChI is InChI=1S/C17H26N4O2S2/c1-17(2,3)21-9-6-18-16(21)25-11-14(22)20-12-24-10-13(20)15(23)19-7-4-5-8-19/h6,9,13H,4-5,7-8,10-12H2,1-3H3. The molecule has 1 aromatic rings. The summed E-state index contributed by atoms with van der Waals surface area (Å²) in [5.41, 5.74) is -0.0698. The van der Waals surface area contributed by atoms with E-state index in [9.17, 15) is 9.59 Å². The number of hydrogen-bond acceptors (Lipinski definition) is 5. The van der Waals surface area contributed by atoms with E-state index in [1.807, 2.05) is 11.1 Å². The van der Waals surface area contributed by atoms with E-state index in [2.05, 4.69) is 30.3 Å². The van der Waals surface area contributed by atoms with Crippen LogP contribution in [0.5, 0.6) is 0 Å². The van der Waals surface area contributed by atoms with Gasteiger partial charge >= 0.3 is 0 Å². The van der Waals surface area contributed by atoms with Gasteiger partial charge in [-0.2, -0.15) is 0 Å². The molecule has 0 aliphatic carbocycles. The van der Waals surface area contributed by atoms with Gasteiger partial charge in [0.15, 0.2) is 5.16 Å². The Balaban J connectivity index is 1.61. The summed E-state index contributed by atoms with van der Waals surface area (Å²) in [5, 5.41) is 0.843. The van der Waals surface area contributed by atoms with E-state index in [1.54, 1.807) is 22.9 Å². The molecule has 3 heterocycles. The van der Waals surface area contributed by atoms with E-state index in [0.29, 0.717) is 17.4 Å². The molecule has 0 spiro atoms. The van der Waals surface area contributed by atoms with Gasteiger partial charge in [-0.3, -0.25) is 9.59 Å². The van der Waals surface area contributed by atoms with Gasteiger partial charge in [-0.25, -0.2) is 4.98 Å². The Morgan fingerprint density at radius 2 is 2.04 bits per heavy atom. The summed E-state index contributed by atoms with van der Waals surface area (Å²) < 4.78 is 2.08. The van der Waals surface area contributed by atoms with Crippen LogP contribution < -0.4 is 0 Å². The van der Waals surface area contributed by atoms with E-state index in [1.165, 1.54) is 11.8 Å². The van der Waals surface area contributed by atoms with Crippen molar-refractivity contribution >= 4 is 35.3 Å². The lowest BCUT2D eigenvalue weighted by Crippen LogP contribution is -2.48. The summed E-state index contributed by atoms with van der Waals surface area (Å²) >= 11 is 3.11. The summed E-state index contributed by atoms with van der Waals surface area (Å²) in [6.07, 6.45) is 5.86. The number of imidazole rings is 1. The molecule has 1 aromatic heterocycles. The molecule has 0 N–H and O–H groups in total. The molecule has 2 fully saturated rings. The molecule has 6 nitrogen and oxygen atoms in total. The number of likely N-dealkylation sites (tertiary alicyclic amines) is 1. The first-order valence-corrected chi connectivity index (χ1v) is 10.8. The molecule has 2 aliphatic rings. The number of aromatic nitrogens is 2. The number of nitrogens with zero attached hydrogens (tertiary/aromatic N) is 4. The Hall–Kier alpha value is -1.15. The van der Waals surface area contributed by atoms with Crippen LogP contribution in [0.25, 0.3) is 0 Å². The second-order valence-corrected chi connectivity index (χ2v) is 9.39. The van der Waals surface area contributed by atoms with E-state index in [0.717, 1.165) is 31.1 Å². The van der Waals surface area contributed by atoms with Gasteiger partial charge in [0.1, 0.15) is 6.04 Å². The quantitative estimate of drug-likeness (QED) is 0.748. The average molecular weight is 383 g/mol. The fourth-order valence-electron chi connectivity index (χ4n) is 3.16. The van der Waals surface area contributed by atoms with Crippen molar-refractivity contribution in [1.82, 2.24) is 19.4 Å². The SMILES string of the molecule is CC(C)(C)n1ccnc1SCC(=O)N1CSCC1C(=O)N1CCCC1. The van der Waals surface area contributed by atoms with Crippen LogP contribution >= 0.6 is 23.5 Å². The van der Waals surface area contributed by atoms with Gasteiger partial charge in [-0.1, -0.05) is 11.8 Å². The Labute approximate surface area is 157 Å². The lowest BCUT2D eigenvalue weighted by Gasteiger charge is -2.27. The van der Waals surface area contributed by atoms with Gasteiger partial charge in [-0.15, -0.1) is 11.8 Å².